The number of hydrogen-bond donors (Lipinski definition) is 2. The van der Waals surface area contributed by atoms with Crippen molar-refractivity contribution in [3.63, 3.8) is 0 Å². The Hall–Kier alpha value is -2.80. The first-order chi connectivity index (χ1) is 11.8. The van der Waals surface area contributed by atoms with Crippen LogP contribution >= 0.6 is 11.6 Å². The van der Waals surface area contributed by atoms with Crippen LogP contribution in [0.1, 0.15) is 15.9 Å². The molecule has 0 aliphatic heterocycles. The maximum atomic E-state index is 13.0. The third-order valence-electron chi connectivity index (χ3n) is 3.45. The molecule has 0 fully saturated rings. The summed E-state index contributed by atoms with van der Waals surface area (Å²) in [5.41, 5.74) is -1.70. The van der Waals surface area contributed by atoms with Gasteiger partial charge in [-0.25, -0.2) is 0 Å². The Morgan fingerprint density at radius 1 is 1.12 bits per heavy atom. The molecule has 0 atom stereocenters. The third kappa shape index (κ3) is 3.51. The van der Waals surface area contributed by atoms with E-state index >= 15 is 0 Å². The number of para-hydroxylation sites is 1. The van der Waals surface area contributed by atoms with Gasteiger partial charge in [0.05, 0.1) is 11.3 Å². The van der Waals surface area contributed by atoms with Crippen LogP contribution in [0, 0.1) is 5.41 Å². The number of carbonyl (C=O) groups is 1. The summed E-state index contributed by atoms with van der Waals surface area (Å²) in [6.07, 6.45) is -4.62. The molecule has 3 aromatic rings. The normalized spacial score (nSPS) is 11.5. The third-order valence-corrected chi connectivity index (χ3v) is 3.69. The van der Waals surface area contributed by atoms with Gasteiger partial charge >= 0.3 is 6.18 Å². The lowest BCUT2D eigenvalue weighted by Crippen LogP contribution is -2.22. The van der Waals surface area contributed by atoms with E-state index in [1.807, 2.05) is 0 Å². The average molecular weight is 367 g/mol. The van der Waals surface area contributed by atoms with Crippen LogP contribution in [0.15, 0.2) is 52.9 Å². The van der Waals surface area contributed by atoms with Gasteiger partial charge in [0.2, 0.25) is 5.55 Å². The van der Waals surface area contributed by atoms with E-state index in [2.05, 4.69) is 5.32 Å². The van der Waals surface area contributed by atoms with Gasteiger partial charge in [-0.2, -0.15) is 13.2 Å². The van der Waals surface area contributed by atoms with Crippen molar-refractivity contribution in [2.24, 2.45) is 0 Å². The van der Waals surface area contributed by atoms with Crippen molar-refractivity contribution in [1.29, 1.82) is 5.41 Å². The Morgan fingerprint density at radius 3 is 2.56 bits per heavy atom. The second kappa shape index (κ2) is 6.25. The van der Waals surface area contributed by atoms with Crippen LogP contribution < -0.4 is 10.9 Å². The summed E-state index contributed by atoms with van der Waals surface area (Å²) in [4.78, 5) is 12.4. The number of anilines is 1. The fourth-order valence-electron chi connectivity index (χ4n) is 2.31. The highest BCUT2D eigenvalue weighted by atomic mass is 35.5. The molecule has 0 saturated carbocycles. The summed E-state index contributed by atoms with van der Waals surface area (Å²) in [5.74, 6) is -0.882. The predicted octanol–water partition coefficient (Wildman–Crippen LogP) is 4.84. The van der Waals surface area contributed by atoms with Crippen molar-refractivity contribution in [3.8, 4) is 0 Å². The van der Waals surface area contributed by atoms with E-state index in [1.54, 1.807) is 6.07 Å². The summed E-state index contributed by atoms with van der Waals surface area (Å²) in [7, 11) is 0. The first-order valence-corrected chi connectivity index (χ1v) is 7.39. The number of nitrogens with one attached hydrogen (secondary N) is 2. The Kier molecular flexibility index (Phi) is 4.26. The van der Waals surface area contributed by atoms with Crippen molar-refractivity contribution in [2.75, 3.05) is 5.32 Å². The van der Waals surface area contributed by atoms with E-state index < -0.39 is 28.9 Å². The van der Waals surface area contributed by atoms with Gasteiger partial charge in [0, 0.05) is 10.4 Å². The molecule has 4 nitrogen and oxygen atoms in total. The number of alkyl halides is 3. The molecule has 0 spiro atoms. The standard InChI is InChI=1S/C17H10ClF3N2O2/c18-10-5-6-14-9(7-10)8-11(15(22)25-14)16(24)23-13-4-2-1-3-12(13)17(19,20)21/h1-8,22H,(H,23,24). The molecule has 0 bridgehead atoms. The average Bonchev–Trinajstić information content (AvgIpc) is 2.54. The van der Waals surface area contributed by atoms with Gasteiger partial charge in [-0.15, -0.1) is 0 Å². The van der Waals surface area contributed by atoms with Gasteiger partial charge in [0.25, 0.3) is 5.91 Å². The molecule has 0 unspecified atom stereocenters. The van der Waals surface area contributed by atoms with E-state index in [4.69, 9.17) is 21.4 Å². The summed E-state index contributed by atoms with van der Waals surface area (Å²) in [5, 5.41) is 10.8. The molecule has 1 heterocycles. The minimum atomic E-state index is -4.62. The molecule has 1 amide bonds. The van der Waals surface area contributed by atoms with Crippen molar-refractivity contribution in [2.45, 2.75) is 6.18 Å². The number of amides is 1. The lowest BCUT2D eigenvalue weighted by Gasteiger charge is -2.13. The van der Waals surface area contributed by atoms with E-state index in [1.165, 1.54) is 30.3 Å². The topological polar surface area (TPSA) is 66.1 Å². The van der Waals surface area contributed by atoms with Crippen molar-refractivity contribution in [1.82, 2.24) is 0 Å². The number of fused-ring (bicyclic) bond motifs is 1. The number of benzene rings is 2. The highest BCUT2D eigenvalue weighted by Gasteiger charge is 2.33. The van der Waals surface area contributed by atoms with Crippen LogP contribution in [-0.4, -0.2) is 5.91 Å². The predicted molar refractivity (Wildman–Crippen MR) is 86.5 cm³/mol. The maximum absolute atomic E-state index is 13.0. The summed E-state index contributed by atoms with van der Waals surface area (Å²) in [6, 6.07) is 10.6. The first-order valence-electron chi connectivity index (χ1n) is 7.01. The first kappa shape index (κ1) is 17.0. The minimum absolute atomic E-state index is 0.202. The van der Waals surface area contributed by atoms with Crippen molar-refractivity contribution in [3.05, 3.63) is 70.2 Å². The van der Waals surface area contributed by atoms with Crippen molar-refractivity contribution < 1.29 is 22.4 Å². The number of rotatable bonds is 2. The Morgan fingerprint density at radius 2 is 1.84 bits per heavy atom. The fraction of sp³-hybridized carbons (Fsp3) is 0.0588. The van der Waals surface area contributed by atoms with E-state index in [9.17, 15) is 18.0 Å². The zero-order valence-corrected chi connectivity index (χ0v) is 13.2. The molecule has 25 heavy (non-hydrogen) atoms. The Labute approximate surface area is 144 Å². The lowest BCUT2D eigenvalue weighted by molar-refractivity contribution is -0.136. The molecule has 0 saturated heterocycles. The van der Waals surface area contributed by atoms with Gasteiger partial charge in [-0.1, -0.05) is 23.7 Å². The van der Waals surface area contributed by atoms with Crippen LogP contribution in [0.2, 0.25) is 5.02 Å². The van der Waals surface area contributed by atoms with E-state index in [0.717, 1.165) is 12.1 Å². The zero-order chi connectivity index (χ0) is 18.2. The number of carbonyl (C=O) groups excluding carboxylic acids is 1. The quantitative estimate of drug-likeness (QED) is 0.681. The molecule has 0 radical (unpaired) electrons. The molecule has 0 aliphatic rings. The van der Waals surface area contributed by atoms with Gasteiger partial charge in [-0.3, -0.25) is 10.2 Å². The Bertz CT molecular complexity index is 1030. The van der Waals surface area contributed by atoms with Crippen LogP contribution in [-0.2, 0) is 6.18 Å². The van der Waals surface area contributed by atoms with Gasteiger partial charge in [0.15, 0.2) is 0 Å². The monoisotopic (exact) mass is 366 g/mol. The molecule has 2 aromatic carbocycles. The van der Waals surface area contributed by atoms with Gasteiger partial charge in [-0.05, 0) is 36.4 Å². The number of halogens is 4. The Balaban J connectivity index is 2.01. The zero-order valence-electron chi connectivity index (χ0n) is 12.4. The summed E-state index contributed by atoms with van der Waals surface area (Å²) < 4.78 is 44.3. The molecule has 1 aromatic heterocycles. The SMILES string of the molecule is N=c1oc2ccc(Cl)cc2cc1C(=O)Nc1ccccc1C(F)(F)F. The van der Waals surface area contributed by atoms with E-state index in [-0.39, 0.29) is 5.56 Å². The fourth-order valence-corrected chi connectivity index (χ4v) is 2.49. The van der Waals surface area contributed by atoms with Crippen LogP contribution in [0.4, 0.5) is 18.9 Å². The van der Waals surface area contributed by atoms with Crippen molar-refractivity contribution >= 4 is 34.2 Å². The molecular formula is C17H10ClF3N2O2. The molecule has 8 heteroatoms. The number of hydrogen-bond acceptors (Lipinski definition) is 3. The highest BCUT2D eigenvalue weighted by Crippen LogP contribution is 2.34. The summed E-state index contributed by atoms with van der Waals surface area (Å²) in [6.45, 7) is 0. The molecule has 3 rings (SSSR count). The lowest BCUT2D eigenvalue weighted by atomic mass is 10.1. The summed E-state index contributed by atoms with van der Waals surface area (Å²) >= 11 is 5.88. The molecular weight excluding hydrogens is 357 g/mol. The largest absolute Gasteiger partial charge is 0.438 e. The second-order valence-electron chi connectivity index (χ2n) is 5.17. The van der Waals surface area contributed by atoms with Crippen LogP contribution in [0.25, 0.3) is 11.0 Å². The highest BCUT2D eigenvalue weighted by molar-refractivity contribution is 6.31. The van der Waals surface area contributed by atoms with Gasteiger partial charge in [0.1, 0.15) is 11.1 Å². The minimum Gasteiger partial charge on any atom is -0.438 e. The van der Waals surface area contributed by atoms with E-state index in [0.29, 0.717) is 16.0 Å². The van der Waals surface area contributed by atoms with Crippen LogP contribution in [0.5, 0.6) is 0 Å². The smallest absolute Gasteiger partial charge is 0.418 e. The molecule has 128 valence electrons. The maximum Gasteiger partial charge on any atom is 0.418 e. The van der Waals surface area contributed by atoms with Gasteiger partial charge < -0.3 is 9.73 Å². The second-order valence-corrected chi connectivity index (χ2v) is 5.61. The molecule has 2 N–H and O–H groups in total. The van der Waals surface area contributed by atoms with Crippen LogP contribution in [0.3, 0.4) is 0 Å². The molecule has 0 aliphatic carbocycles.